The van der Waals surface area contributed by atoms with Gasteiger partial charge in [-0.25, -0.2) is 4.98 Å². The first kappa shape index (κ1) is 12.0. The van der Waals surface area contributed by atoms with Crippen LogP contribution in [0, 0.1) is 0 Å². The number of methoxy groups -OCH3 is 1. The highest BCUT2D eigenvalue weighted by atomic mass is 79.9. The van der Waals surface area contributed by atoms with Gasteiger partial charge in [0.2, 0.25) is 5.88 Å². The standard InChI is InChI=1S/C10H12BrNO3/c1-3-15-10(13)4-7-6-12-9(14-2)5-8(7)11/h5-6H,3-4H2,1-2H3. The first-order valence-corrected chi connectivity index (χ1v) is 5.30. The zero-order valence-corrected chi connectivity index (χ0v) is 10.2. The van der Waals surface area contributed by atoms with E-state index in [2.05, 4.69) is 20.9 Å². The van der Waals surface area contributed by atoms with Crippen molar-refractivity contribution in [2.24, 2.45) is 0 Å². The van der Waals surface area contributed by atoms with E-state index >= 15 is 0 Å². The van der Waals surface area contributed by atoms with Crippen LogP contribution in [0.15, 0.2) is 16.7 Å². The first-order valence-electron chi connectivity index (χ1n) is 4.51. The molecule has 0 aliphatic rings. The van der Waals surface area contributed by atoms with Gasteiger partial charge in [-0.2, -0.15) is 0 Å². The number of hydrogen-bond donors (Lipinski definition) is 0. The Morgan fingerprint density at radius 3 is 2.87 bits per heavy atom. The van der Waals surface area contributed by atoms with E-state index in [9.17, 15) is 4.79 Å². The van der Waals surface area contributed by atoms with Crippen LogP contribution in [0.4, 0.5) is 0 Å². The lowest BCUT2D eigenvalue weighted by Crippen LogP contribution is -2.08. The molecule has 1 rings (SSSR count). The lowest BCUT2D eigenvalue weighted by molar-refractivity contribution is -0.142. The van der Waals surface area contributed by atoms with Gasteiger partial charge in [0.15, 0.2) is 0 Å². The molecule has 0 aromatic carbocycles. The van der Waals surface area contributed by atoms with Crippen molar-refractivity contribution in [3.8, 4) is 5.88 Å². The Morgan fingerprint density at radius 1 is 1.60 bits per heavy atom. The minimum absolute atomic E-state index is 0.214. The summed E-state index contributed by atoms with van der Waals surface area (Å²) >= 11 is 3.34. The van der Waals surface area contributed by atoms with Crippen molar-refractivity contribution in [1.29, 1.82) is 0 Å². The van der Waals surface area contributed by atoms with Crippen LogP contribution in [-0.2, 0) is 16.0 Å². The molecule has 0 spiro atoms. The molecule has 1 heterocycles. The van der Waals surface area contributed by atoms with Gasteiger partial charge in [-0.05, 0) is 12.5 Å². The number of carbonyl (C=O) groups excluding carboxylic acids is 1. The lowest BCUT2D eigenvalue weighted by atomic mass is 10.2. The van der Waals surface area contributed by atoms with Crippen molar-refractivity contribution in [2.45, 2.75) is 13.3 Å². The topological polar surface area (TPSA) is 48.4 Å². The highest BCUT2D eigenvalue weighted by Crippen LogP contribution is 2.20. The van der Waals surface area contributed by atoms with E-state index in [1.807, 2.05) is 0 Å². The summed E-state index contributed by atoms with van der Waals surface area (Å²) in [4.78, 5) is 15.2. The summed E-state index contributed by atoms with van der Waals surface area (Å²) in [7, 11) is 1.54. The molecule has 1 aromatic heterocycles. The third-order valence-electron chi connectivity index (χ3n) is 1.75. The molecule has 0 atom stereocenters. The average molecular weight is 274 g/mol. The fraction of sp³-hybridized carbons (Fsp3) is 0.400. The Morgan fingerprint density at radius 2 is 2.33 bits per heavy atom. The molecule has 0 aliphatic heterocycles. The number of pyridine rings is 1. The summed E-state index contributed by atoms with van der Waals surface area (Å²) in [5.74, 6) is 0.250. The second-order valence-electron chi connectivity index (χ2n) is 2.80. The molecule has 0 N–H and O–H groups in total. The smallest absolute Gasteiger partial charge is 0.310 e. The minimum Gasteiger partial charge on any atom is -0.481 e. The van der Waals surface area contributed by atoms with Crippen molar-refractivity contribution >= 4 is 21.9 Å². The lowest BCUT2D eigenvalue weighted by Gasteiger charge is -2.05. The van der Waals surface area contributed by atoms with Crippen LogP contribution in [0.3, 0.4) is 0 Å². The van der Waals surface area contributed by atoms with Crippen molar-refractivity contribution in [3.05, 3.63) is 22.3 Å². The second-order valence-corrected chi connectivity index (χ2v) is 3.65. The number of ether oxygens (including phenoxy) is 2. The summed E-state index contributed by atoms with van der Waals surface area (Å²) in [5.41, 5.74) is 0.786. The van der Waals surface area contributed by atoms with E-state index in [1.54, 1.807) is 26.3 Å². The molecule has 4 nitrogen and oxygen atoms in total. The maximum Gasteiger partial charge on any atom is 0.310 e. The second kappa shape index (κ2) is 5.70. The quantitative estimate of drug-likeness (QED) is 0.787. The van der Waals surface area contributed by atoms with Gasteiger partial charge in [-0.3, -0.25) is 4.79 Å². The zero-order valence-electron chi connectivity index (χ0n) is 8.62. The Balaban J connectivity index is 2.73. The van der Waals surface area contributed by atoms with E-state index in [0.717, 1.165) is 10.0 Å². The van der Waals surface area contributed by atoms with Gasteiger partial charge in [-0.1, -0.05) is 15.9 Å². The maximum atomic E-state index is 11.2. The average Bonchev–Trinajstić information content (AvgIpc) is 2.21. The summed E-state index contributed by atoms with van der Waals surface area (Å²) in [6, 6.07) is 1.72. The van der Waals surface area contributed by atoms with Gasteiger partial charge in [0.1, 0.15) is 0 Å². The van der Waals surface area contributed by atoms with Gasteiger partial charge in [0.05, 0.1) is 20.1 Å². The summed E-state index contributed by atoms with van der Waals surface area (Å²) in [5, 5.41) is 0. The van der Waals surface area contributed by atoms with Crippen LogP contribution < -0.4 is 4.74 Å². The van der Waals surface area contributed by atoms with E-state index < -0.39 is 0 Å². The predicted octanol–water partition coefficient (Wildman–Crippen LogP) is 1.96. The molecule has 0 aliphatic carbocycles. The molecular weight excluding hydrogens is 262 g/mol. The fourth-order valence-corrected chi connectivity index (χ4v) is 1.49. The number of halogens is 1. The highest BCUT2D eigenvalue weighted by Gasteiger charge is 2.08. The van der Waals surface area contributed by atoms with Crippen LogP contribution >= 0.6 is 15.9 Å². The first-order chi connectivity index (χ1) is 7.17. The Labute approximate surface area is 96.7 Å². The molecule has 0 bridgehead atoms. The number of carbonyl (C=O) groups is 1. The van der Waals surface area contributed by atoms with E-state index in [-0.39, 0.29) is 12.4 Å². The van der Waals surface area contributed by atoms with E-state index in [0.29, 0.717) is 12.5 Å². The van der Waals surface area contributed by atoms with Crippen molar-refractivity contribution in [1.82, 2.24) is 4.98 Å². The number of hydrogen-bond acceptors (Lipinski definition) is 4. The molecule has 0 radical (unpaired) electrons. The molecule has 0 unspecified atom stereocenters. The monoisotopic (exact) mass is 273 g/mol. The Kier molecular flexibility index (Phi) is 4.55. The van der Waals surface area contributed by atoms with Crippen molar-refractivity contribution in [3.63, 3.8) is 0 Å². The number of nitrogens with zero attached hydrogens (tertiary/aromatic N) is 1. The molecule has 0 amide bonds. The van der Waals surface area contributed by atoms with Crippen LogP contribution in [0.5, 0.6) is 5.88 Å². The normalized spacial score (nSPS) is 9.80. The van der Waals surface area contributed by atoms with Gasteiger partial charge >= 0.3 is 5.97 Å². The SMILES string of the molecule is CCOC(=O)Cc1cnc(OC)cc1Br. The Hall–Kier alpha value is -1.10. The van der Waals surface area contributed by atoms with Crippen molar-refractivity contribution in [2.75, 3.05) is 13.7 Å². The molecule has 82 valence electrons. The van der Waals surface area contributed by atoms with E-state index in [4.69, 9.17) is 9.47 Å². The van der Waals surface area contributed by atoms with Gasteiger partial charge < -0.3 is 9.47 Å². The molecule has 0 saturated carbocycles. The zero-order chi connectivity index (χ0) is 11.3. The largest absolute Gasteiger partial charge is 0.481 e. The minimum atomic E-state index is -0.259. The number of esters is 1. The van der Waals surface area contributed by atoms with Crippen LogP contribution in [0.2, 0.25) is 0 Å². The van der Waals surface area contributed by atoms with Crippen LogP contribution in [0.25, 0.3) is 0 Å². The van der Waals surface area contributed by atoms with Gasteiger partial charge in [0.25, 0.3) is 0 Å². The van der Waals surface area contributed by atoms with Gasteiger partial charge in [0, 0.05) is 16.7 Å². The highest BCUT2D eigenvalue weighted by molar-refractivity contribution is 9.10. The third kappa shape index (κ3) is 3.51. The maximum absolute atomic E-state index is 11.2. The Bertz CT molecular complexity index is 355. The van der Waals surface area contributed by atoms with Crippen molar-refractivity contribution < 1.29 is 14.3 Å². The fourth-order valence-electron chi connectivity index (χ4n) is 1.05. The summed E-state index contributed by atoms with van der Waals surface area (Å²) in [6.07, 6.45) is 1.81. The molecule has 1 aromatic rings. The van der Waals surface area contributed by atoms with Crippen LogP contribution in [-0.4, -0.2) is 24.7 Å². The van der Waals surface area contributed by atoms with E-state index in [1.165, 1.54) is 0 Å². The summed E-state index contributed by atoms with van der Waals surface area (Å²) in [6.45, 7) is 2.17. The summed E-state index contributed by atoms with van der Waals surface area (Å²) < 4.78 is 10.6. The van der Waals surface area contributed by atoms with Crippen LogP contribution in [0.1, 0.15) is 12.5 Å². The molecule has 15 heavy (non-hydrogen) atoms. The number of aromatic nitrogens is 1. The molecule has 0 saturated heterocycles. The molecule has 0 fully saturated rings. The molecule has 5 heteroatoms. The number of rotatable bonds is 4. The predicted molar refractivity (Wildman–Crippen MR) is 58.8 cm³/mol. The van der Waals surface area contributed by atoms with Gasteiger partial charge in [-0.15, -0.1) is 0 Å². The third-order valence-corrected chi connectivity index (χ3v) is 2.49. The molecular formula is C10H12BrNO3.